The molecule has 0 atom stereocenters. The molecule has 2 rings (SSSR count). The van der Waals surface area contributed by atoms with E-state index in [4.69, 9.17) is 4.74 Å². The number of ether oxygens (including phenoxy) is 1. The highest BCUT2D eigenvalue weighted by atomic mass is 79.9. The third kappa shape index (κ3) is 3.22. The Morgan fingerprint density at radius 1 is 1.25 bits per heavy atom. The van der Waals surface area contributed by atoms with Crippen molar-refractivity contribution in [3.05, 3.63) is 52.3 Å². The van der Waals surface area contributed by atoms with Gasteiger partial charge in [-0.05, 0) is 57.9 Å². The lowest BCUT2D eigenvalue weighted by molar-refractivity contribution is 0.371. The molecule has 0 unspecified atom stereocenters. The first-order chi connectivity index (χ1) is 9.51. The molecule has 0 radical (unpaired) electrons. The van der Waals surface area contributed by atoms with Gasteiger partial charge < -0.3 is 14.7 Å². The maximum absolute atomic E-state index is 12.9. The number of phenols is 1. The standard InChI is InChI=1S/C15H15BrFNO2/c1-18(12-5-3-11(17)4-6-12)9-10-7-13(16)15(19)14(8-10)20-2/h3-8,19H,9H2,1-2H3. The van der Waals surface area contributed by atoms with Gasteiger partial charge in [0.1, 0.15) is 5.82 Å². The second-order valence-corrected chi connectivity index (χ2v) is 5.32. The topological polar surface area (TPSA) is 32.7 Å². The molecule has 0 aliphatic carbocycles. The zero-order chi connectivity index (χ0) is 14.7. The van der Waals surface area contributed by atoms with E-state index < -0.39 is 0 Å². The van der Waals surface area contributed by atoms with Gasteiger partial charge in [-0.2, -0.15) is 0 Å². The van der Waals surface area contributed by atoms with Crippen LogP contribution in [0.3, 0.4) is 0 Å². The van der Waals surface area contributed by atoms with E-state index in [9.17, 15) is 9.50 Å². The molecule has 0 saturated carbocycles. The maximum atomic E-state index is 12.9. The molecule has 0 aliphatic rings. The summed E-state index contributed by atoms with van der Waals surface area (Å²) in [7, 11) is 3.43. The second kappa shape index (κ2) is 6.13. The summed E-state index contributed by atoms with van der Waals surface area (Å²) in [4.78, 5) is 1.98. The quantitative estimate of drug-likeness (QED) is 0.915. The van der Waals surface area contributed by atoms with Crippen LogP contribution < -0.4 is 9.64 Å². The monoisotopic (exact) mass is 339 g/mol. The summed E-state index contributed by atoms with van der Waals surface area (Å²) in [6.07, 6.45) is 0. The average molecular weight is 340 g/mol. The van der Waals surface area contributed by atoms with Crippen LogP contribution in [0.2, 0.25) is 0 Å². The van der Waals surface area contributed by atoms with Crippen molar-refractivity contribution in [1.82, 2.24) is 0 Å². The highest BCUT2D eigenvalue weighted by Gasteiger charge is 2.10. The Morgan fingerprint density at radius 2 is 1.90 bits per heavy atom. The van der Waals surface area contributed by atoms with Gasteiger partial charge >= 0.3 is 0 Å². The number of rotatable bonds is 4. The number of phenolic OH excluding ortho intramolecular Hbond substituents is 1. The van der Waals surface area contributed by atoms with Crippen LogP contribution in [0.4, 0.5) is 10.1 Å². The van der Waals surface area contributed by atoms with Crippen molar-refractivity contribution in [2.45, 2.75) is 6.54 Å². The molecule has 0 saturated heterocycles. The lowest BCUT2D eigenvalue weighted by Gasteiger charge is -2.20. The van der Waals surface area contributed by atoms with E-state index in [1.165, 1.54) is 19.2 Å². The first-order valence-electron chi connectivity index (χ1n) is 6.03. The highest BCUT2D eigenvalue weighted by molar-refractivity contribution is 9.10. The number of hydrogen-bond acceptors (Lipinski definition) is 3. The van der Waals surface area contributed by atoms with Gasteiger partial charge in [-0.25, -0.2) is 4.39 Å². The molecule has 0 aliphatic heterocycles. The van der Waals surface area contributed by atoms with Crippen molar-refractivity contribution in [2.24, 2.45) is 0 Å². The van der Waals surface area contributed by atoms with Crippen molar-refractivity contribution in [3.8, 4) is 11.5 Å². The minimum absolute atomic E-state index is 0.0840. The van der Waals surface area contributed by atoms with Crippen LogP contribution in [0.15, 0.2) is 40.9 Å². The van der Waals surface area contributed by atoms with Gasteiger partial charge in [-0.15, -0.1) is 0 Å². The zero-order valence-corrected chi connectivity index (χ0v) is 12.8. The molecular formula is C15H15BrFNO2. The van der Waals surface area contributed by atoms with Crippen molar-refractivity contribution >= 4 is 21.6 Å². The van der Waals surface area contributed by atoms with Gasteiger partial charge in [-0.3, -0.25) is 0 Å². The van der Waals surface area contributed by atoms with Crippen LogP contribution in [0.25, 0.3) is 0 Å². The summed E-state index contributed by atoms with van der Waals surface area (Å²) >= 11 is 3.30. The van der Waals surface area contributed by atoms with Crippen LogP contribution in [-0.2, 0) is 6.54 Å². The smallest absolute Gasteiger partial charge is 0.172 e. The molecular weight excluding hydrogens is 325 g/mol. The van der Waals surface area contributed by atoms with Gasteiger partial charge in [0.25, 0.3) is 0 Å². The Labute approximate surface area is 125 Å². The third-order valence-corrected chi connectivity index (χ3v) is 3.60. The number of anilines is 1. The summed E-state index contributed by atoms with van der Waals surface area (Å²) in [5, 5.41) is 9.78. The molecule has 1 N–H and O–H groups in total. The minimum Gasteiger partial charge on any atom is -0.503 e. The van der Waals surface area contributed by atoms with E-state index in [0.717, 1.165) is 11.3 Å². The highest BCUT2D eigenvalue weighted by Crippen LogP contribution is 2.35. The molecule has 0 fully saturated rings. The lowest BCUT2D eigenvalue weighted by Crippen LogP contribution is -2.16. The number of benzene rings is 2. The van der Waals surface area contributed by atoms with E-state index in [0.29, 0.717) is 16.8 Å². The Kier molecular flexibility index (Phi) is 4.49. The normalized spacial score (nSPS) is 10.4. The van der Waals surface area contributed by atoms with Crippen molar-refractivity contribution in [2.75, 3.05) is 19.1 Å². The molecule has 0 aromatic heterocycles. The summed E-state index contributed by atoms with van der Waals surface area (Å²) in [6.45, 7) is 0.612. The largest absolute Gasteiger partial charge is 0.503 e. The fourth-order valence-corrected chi connectivity index (χ4v) is 2.42. The molecule has 3 nitrogen and oxygen atoms in total. The summed E-state index contributed by atoms with van der Waals surface area (Å²) in [5.74, 6) is 0.249. The second-order valence-electron chi connectivity index (χ2n) is 4.46. The maximum Gasteiger partial charge on any atom is 0.172 e. The fraction of sp³-hybridized carbons (Fsp3) is 0.200. The van der Waals surface area contributed by atoms with Crippen LogP contribution in [0, 0.1) is 5.82 Å². The molecule has 2 aromatic rings. The first-order valence-corrected chi connectivity index (χ1v) is 6.82. The van der Waals surface area contributed by atoms with Gasteiger partial charge in [0.05, 0.1) is 11.6 Å². The number of nitrogens with zero attached hydrogens (tertiary/aromatic N) is 1. The van der Waals surface area contributed by atoms with Gasteiger partial charge in [-0.1, -0.05) is 0 Å². The first kappa shape index (κ1) is 14.7. The van der Waals surface area contributed by atoms with E-state index in [2.05, 4.69) is 15.9 Å². The van der Waals surface area contributed by atoms with Crippen LogP contribution >= 0.6 is 15.9 Å². The Hall–Kier alpha value is -1.75. The van der Waals surface area contributed by atoms with E-state index in [-0.39, 0.29) is 11.6 Å². The molecule has 5 heteroatoms. The van der Waals surface area contributed by atoms with Gasteiger partial charge in [0, 0.05) is 19.3 Å². The average Bonchev–Trinajstić information content (AvgIpc) is 2.43. The summed E-state index contributed by atoms with van der Waals surface area (Å²) < 4.78 is 18.6. The zero-order valence-electron chi connectivity index (χ0n) is 11.2. The number of hydrogen-bond donors (Lipinski definition) is 1. The predicted molar refractivity (Wildman–Crippen MR) is 80.9 cm³/mol. The molecule has 20 heavy (non-hydrogen) atoms. The predicted octanol–water partition coefficient (Wildman–Crippen LogP) is 3.94. The Bertz CT molecular complexity index is 602. The van der Waals surface area contributed by atoms with Crippen LogP contribution in [0.5, 0.6) is 11.5 Å². The van der Waals surface area contributed by atoms with E-state index >= 15 is 0 Å². The Balaban J connectivity index is 2.21. The lowest BCUT2D eigenvalue weighted by atomic mass is 10.2. The third-order valence-electron chi connectivity index (χ3n) is 3.00. The summed E-state index contributed by atoms with van der Waals surface area (Å²) in [6, 6.07) is 9.92. The van der Waals surface area contributed by atoms with Crippen molar-refractivity contribution in [3.63, 3.8) is 0 Å². The summed E-state index contributed by atoms with van der Waals surface area (Å²) in [5.41, 5.74) is 1.88. The molecule has 0 bridgehead atoms. The fourth-order valence-electron chi connectivity index (χ4n) is 1.93. The molecule has 0 heterocycles. The van der Waals surface area contributed by atoms with E-state index in [1.54, 1.807) is 18.2 Å². The molecule has 106 valence electrons. The van der Waals surface area contributed by atoms with E-state index in [1.807, 2.05) is 18.0 Å². The minimum atomic E-state index is -0.254. The number of halogens is 2. The van der Waals surface area contributed by atoms with Gasteiger partial charge in [0.15, 0.2) is 11.5 Å². The van der Waals surface area contributed by atoms with Crippen molar-refractivity contribution < 1.29 is 14.2 Å². The number of aromatic hydroxyl groups is 1. The molecule has 2 aromatic carbocycles. The molecule has 0 spiro atoms. The van der Waals surface area contributed by atoms with Crippen LogP contribution in [0.1, 0.15) is 5.56 Å². The number of methoxy groups -OCH3 is 1. The van der Waals surface area contributed by atoms with Crippen LogP contribution in [-0.4, -0.2) is 19.3 Å². The molecule has 0 amide bonds. The van der Waals surface area contributed by atoms with Crippen molar-refractivity contribution in [1.29, 1.82) is 0 Å². The Morgan fingerprint density at radius 3 is 2.50 bits per heavy atom. The van der Waals surface area contributed by atoms with Gasteiger partial charge in [0.2, 0.25) is 0 Å². The SMILES string of the molecule is COc1cc(CN(C)c2ccc(F)cc2)cc(Br)c1O.